The van der Waals surface area contributed by atoms with Crippen LogP contribution in [0.2, 0.25) is 0 Å². The van der Waals surface area contributed by atoms with E-state index in [0.29, 0.717) is 6.61 Å². The number of benzene rings is 1. The molecule has 2 aromatic rings. The zero-order chi connectivity index (χ0) is 16.0. The molecule has 2 aliphatic heterocycles. The van der Waals surface area contributed by atoms with Crippen LogP contribution in [0.1, 0.15) is 37.9 Å². The Kier molecular flexibility index (Phi) is 3.45. The molecule has 2 atom stereocenters. The van der Waals surface area contributed by atoms with Crippen LogP contribution in [0.5, 0.6) is 0 Å². The smallest absolute Gasteiger partial charge is 0.311 e. The Labute approximate surface area is 136 Å². The van der Waals surface area contributed by atoms with Gasteiger partial charge in [-0.1, -0.05) is 18.2 Å². The van der Waals surface area contributed by atoms with E-state index in [-0.39, 0.29) is 17.4 Å². The van der Waals surface area contributed by atoms with E-state index >= 15 is 0 Å². The third kappa shape index (κ3) is 2.04. The highest BCUT2D eigenvalue weighted by Crippen LogP contribution is 2.47. The normalized spacial score (nSPS) is 27.5. The summed E-state index contributed by atoms with van der Waals surface area (Å²) in [6.07, 6.45) is 3.01. The molecule has 4 nitrogen and oxygen atoms in total. The summed E-state index contributed by atoms with van der Waals surface area (Å²) in [7, 11) is 0. The number of rotatable bonds is 2. The van der Waals surface area contributed by atoms with Crippen LogP contribution in [-0.4, -0.2) is 35.5 Å². The van der Waals surface area contributed by atoms with Crippen molar-refractivity contribution in [3.63, 3.8) is 0 Å². The van der Waals surface area contributed by atoms with E-state index in [4.69, 9.17) is 4.74 Å². The molecular formula is C19H24N2O2. The summed E-state index contributed by atoms with van der Waals surface area (Å²) >= 11 is 0. The molecule has 1 fully saturated rings. The van der Waals surface area contributed by atoms with Gasteiger partial charge in [-0.05, 0) is 51.3 Å². The van der Waals surface area contributed by atoms with Gasteiger partial charge in [-0.15, -0.1) is 0 Å². The first-order valence-electron chi connectivity index (χ1n) is 8.68. The van der Waals surface area contributed by atoms with Crippen molar-refractivity contribution in [3.05, 3.63) is 35.5 Å². The summed E-state index contributed by atoms with van der Waals surface area (Å²) in [5, 5.41) is 1.30. The molecule has 0 saturated carbocycles. The highest BCUT2D eigenvalue weighted by molar-refractivity contribution is 5.86. The zero-order valence-electron chi connectivity index (χ0n) is 13.9. The minimum absolute atomic E-state index is 0.0498. The van der Waals surface area contributed by atoms with Crippen LogP contribution in [0.3, 0.4) is 0 Å². The minimum Gasteiger partial charge on any atom is -0.466 e. The summed E-state index contributed by atoms with van der Waals surface area (Å²) in [4.78, 5) is 18.7. The molecule has 1 aromatic carbocycles. The monoisotopic (exact) mass is 312 g/mol. The lowest BCUT2D eigenvalue weighted by atomic mass is 9.72. The molecule has 0 bridgehead atoms. The van der Waals surface area contributed by atoms with Gasteiger partial charge in [0.05, 0.1) is 18.1 Å². The number of hydrogen-bond donors (Lipinski definition) is 1. The van der Waals surface area contributed by atoms with Crippen LogP contribution in [0.15, 0.2) is 24.3 Å². The highest BCUT2D eigenvalue weighted by Gasteiger charge is 2.51. The van der Waals surface area contributed by atoms with Gasteiger partial charge in [0.15, 0.2) is 0 Å². The zero-order valence-corrected chi connectivity index (χ0v) is 13.9. The fraction of sp³-hybridized carbons (Fsp3) is 0.526. The van der Waals surface area contributed by atoms with Crippen molar-refractivity contribution in [3.8, 4) is 0 Å². The molecule has 1 aromatic heterocycles. The number of hydrogen-bond acceptors (Lipinski definition) is 3. The van der Waals surface area contributed by atoms with Gasteiger partial charge < -0.3 is 9.72 Å². The van der Waals surface area contributed by atoms with Gasteiger partial charge >= 0.3 is 5.97 Å². The van der Waals surface area contributed by atoms with E-state index in [9.17, 15) is 4.79 Å². The Morgan fingerprint density at radius 1 is 1.39 bits per heavy atom. The molecule has 2 unspecified atom stereocenters. The fourth-order valence-corrected chi connectivity index (χ4v) is 4.63. The van der Waals surface area contributed by atoms with Crippen molar-refractivity contribution in [2.75, 3.05) is 19.7 Å². The maximum absolute atomic E-state index is 12.6. The van der Waals surface area contributed by atoms with Crippen LogP contribution >= 0.6 is 0 Å². The summed E-state index contributed by atoms with van der Waals surface area (Å²) < 4.78 is 5.41. The van der Waals surface area contributed by atoms with Gasteiger partial charge in [0.2, 0.25) is 0 Å². The van der Waals surface area contributed by atoms with Gasteiger partial charge in [-0.2, -0.15) is 0 Å². The number of H-pyrrole nitrogens is 1. The van der Waals surface area contributed by atoms with Crippen molar-refractivity contribution in [2.24, 2.45) is 5.92 Å². The average molecular weight is 312 g/mol. The fourth-order valence-electron chi connectivity index (χ4n) is 4.63. The molecule has 4 rings (SSSR count). The highest BCUT2D eigenvalue weighted by atomic mass is 16.5. The Morgan fingerprint density at radius 2 is 2.22 bits per heavy atom. The second kappa shape index (κ2) is 5.38. The number of ether oxygens (including phenoxy) is 1. The van der Waals surface area contributed by atoms with Gasteiger partial charge in [-0.25, -0.2) is 0 Å². The molecule has 4 heteroatoms. The number of esters is 1. The molecule has 3 heterocycles. The SMILES string of the molecule is CCOC(=O)C1CCCN2CCc3c([nH]c4ccccc34)C12C. The summed E-state index contributed by atoms with van der Waals surface area (Å²) in [6, 6.07) is 8.47. The predicted molar refractivity (Wildman–Crippen MR) is 90.3 cm³/mol. The van der Waals surface area contributed by atoms with E-state index in [0.717, 1.165) is 32.4 Å². The third-order valence-electron chi connectivity index (χ3n) is 5.78. The Bertz CT molecular complexity index is 751. The van der Waals surface area contributed by atoms with E-state index in [1.807, 2.05) is 6.92 Å². The number of fused-ring (bicyclic) bond motifs is 5. The summed E-state index contributed by atoms with van der Waals surface area (Å²) in [5.74, 6) is -0.144. The lowest BCUT2D eigenvalue weighted by Gasteiger charge is -2.51. The lowest BCUT2D eigenvalue weighted by molar-refractivity contribution is -0.158. The van der Waals surface area contributed by atoms with Crippen molar-refractivity contribution in [1.82, 2.24) is 9.88 Å². The molecular weight excluding hydrogens is 288 g/mol. The third-order valence-corrected chi connectivity index (χ3v) is 5.78. The summed E-state index contributed by atoms with van der Waals surface area (Å²) in [5.41, 5.74) is 3.50. The van der Waals surface area contributed by atoms with Crippen LogP contribution in [-0.2, 0) is 21.5 Å². The predicted octanol–water partition coefficient (Wildman–Crippen LogP) is 3.21. The molecule has 1 saturated heterocycles. The number of aromatic amines is 1. The largest absolute Gasteiger partial charge is 0.466 e. The minimum atomic E-state index is -0.281. The van der Waals surface area contributed by atoms with E-state index in [2.05, 4.69) is 41.1 Å². The number of para-hydroxylation sites is 1. The molecule has 0 aliphatic carbocycles. The first-order valence-corrected chi connectivity index (χ1v) is 8.68. The standard InChI is InChI=1S/C19H24N2O2/c1-3-23-18(22)15-8-6-11-21-12-10-14-13-7-4-5-9-16(13)20-17(14)19(15,21)2/h4-5,7,9,15,20H,3,6,8,10-12H2,1-2H3. The number of carbonyl (C=O) groups excluding carboxylic acids is 1. The molecule has 23 heavy (non-hydrogen) atoms. The second-order valence-corrected chi connectivity index (χ2v) is 6.86. The molecule has 0 radical (unpaired) electrons. The summed E-state index contributed by atoms with van der Waals surface area (Å²) in [6.45, 7) is 6.63. The van der Waals surface area contributed by atoms with Crippen LogP contribution in [0.25, 0.3) is 10.9 Å². The Balaban J connectivity index is 1.87. The van der Waals surface area contributed by atoms with Gasteiger partial charge in [0.1, 0.15) is 0 Å². The maximum Gasteiger partial charge on any atom is 0.311 e. The van der Waals surface area contributed by atoms with E-state index < -0.39 is 0 Å². The van der Waals surface area contributed by atoms with E-state index in [1.165, 1.54) is 22.2 Å². The van der Waals surface area contributed by atoms with Crippen LogP contribution in [0.4, 0.5) is 0 Å². The lowest BCUT2D eigenvalue weighted by Crippen LogP contribution is -2.58. The average Bonchev–Trinajstić information content (AvgIpc) is 2.94. The van der Waals surface area contributed by atoms with Crippen LogP contribution in [0, 0.1) is 5.92 Å². The van der Waals surface area contributed by atoms with E-state index in [1.54, 1.807) is 0 Å². The topological polar surface area (TPSA) is 45.3 Å². The van der Waals surface area contributed by atoms with Crippen LogP contribution < -0.4 is 0 Å². The van der Waals surface area contributed by atoms with Gasteiger partial charge in [-0.3, -0.25) is 9.69 Å². The van der Waals surface area contributed by atoms with Gasteiger partial charge in [0, 0.05) is 23.1 Å². The number of nitrogens with one attached hydrogen (secondary N) is 1. The molecule has 2 aliphatic rings. The number of piperidine rings is 1. The Morgan fingerprint density at radius 3 is 3.04 bits per heavy atom. The maximum atomic E-state index is 12.6. The van der Waals surface area contributed by atoms with Crippen molar-refractivity contribution < 1.29 is 9.53 Å². The number of nitrogens with zero attached hydrogens (tertiary/aromatic N) is 1. The van der Waals surface area contributed by atoms with Crippen molar-refractivity contribution in [2.45, 2.75) is 38.6 Å². The molecule has 1 N–H and O–H groups in total. The van der Waals surface area contributed by atoms with Crippen molar-refractivity contribution >= 4 is 16.9 Å². The number of carbonyl (C=O) groups is 1. The van der Waals surface area contributed by atoms with Gasteiger partial charge in [0.25, 0.3) is 0 Å². The second-order valence-electron chi connectivity index (χ2n) is 6.86. The first kappa shape index (κ1) is 14.8. The Hall–Kier alpha value is -1.81. The molecule has 0 amide bonds. The first-order chi connectivity index (χ1) is 11.2. The number of aromatic nitrogens is 1. The molecule has 122 valence electrons. The quantitative estimate of drug-likeness (QED) is 0.866. The molecule has 0 spiro atoms. The van der Waals surface area contributed by atoms with Crippen molar-refractivity contribution in [1.29, 1.82) is 0 Å².